The van der Waals surface area contributed by atoms with Gasteiger partial charge >= 0.3 is 5.97 Å². The van der Waals surface area contributed by atoms with Crippen molar-refractivity contribution in [3.8, 4) is 0 Å². The van der Waals surface area contributed by atoms with Crippen LogP contribution in [0, 0.1) is 10.5 Å². The zero-order valence-corrected chi connectivity index (χ0v) is 13.8. The van der Waals surface area contributed by atoms with Crippen LogP contribution in [0.4, 0.5) is 5.69 Å². The highest BCUT2D eigenvalue weighted by molar-refractivity contribution is 14.1. The predicted molar refractivity (Wildman–Crippen MR) is 83.6 cm³/mol. The summed E-state index contributed by atoms with van der Waals surface area (Å²) in [4.78, 5) is 11.2. The SMILES string of the molecule is Cc1cc(CS(=O)(=O)Nc2ccc(I)cc2C(=O)O)no1. The lowest BCUT2D eigenvalue weighted by atomic mass is 10.2. The van der Waals surface area contributed by atoms with Crippen molar-refractivity contribution in [2.75, 3.05) is 4.72 Å². The van der Waals surface area contributed by atoms with Crippen LogP contribution in [0.2, 0.25) is 0 Å². The molecule has 0 saturated carbocycles. The van der Waals surface area contributed by atoms with Crippen LogP contribution in [-0.4, -0.2) is 24.7 Å². The van der Waals surface area contributed by atoms with Crippen molar-refractivity contribution in [1.29, 1.82) is 0 Å². The summed E-state index contributed by atoms with van der Waals surface area (Å²) in [5, 5.41) is 12.7. The topological polar surface area (TPSA) is 110 Å². The highest BCUT2D eigenvalue weighted by Crippen LogP contribution is 2.21. The Balaban J connectivity index is 2.26. The van der Waals surface area contributed by atoms with E-state index in [1.807, 2.05) is 22.6 Å². The Labute approximate surface area is 134 Å². The number of aryl methyl sites for hydroxylation is 1. The first kappa shape index (κ1) is 15.8. The lowest BCUT2D eigenvalue weighted by Gasteiger charge is -2.10. The number of hydrogen-bond acceptors (Lipinski definition) is 5. The van der Waals surface area contributed by atoms with E-state index in [0.717, 1.165) is 0 Å². The molecule has 0 fully saturated rings. The third kappa shape index (κ3) is 4.17. The van der Waals surface area contributed by atoms with E-state index in [9.17, 15) is 13.2 Å². The van der Waals surface area contributed by atoms with Crippen molar-refractivity contribution in [2.45, 2.75) is 12.7 Å². The number of benzene rings is 1. The fourth-order valence-electron chi connectivity index (χ4n) is 1.67. The maximum absolute atomic E-state index is 12.1. The molecule has 7 nitrogen and oxygen atoms in total. The number of rotatable bonds is 5. The van der Waals surface area contributed by atoms with Gasteiger partial charge in [0.1, 0.15) is 17.2 Å². The molecule has 0 saturated heterocycles. The molecule has 9 heteroatoms. The molecular formula is C12H11IN2O5S. The quantitative estimate of drug-likeness (QED) is 0.716. The Morgan fingerprint density at radius 2 is 2.14 bits per heavy atom. The first-order valence-electron chi connectivity index (χ1n) is 5.72. The fourth-order valence-corrected chi connectivity index (χ4v) is 3.27. The van der Waals surface area contributed by atoms with E-state index in [1.165, 1.54) is 18.2 Å². The minimum absolute atomic E-state index is 0.0168. The van der Waals surface area contributed by atoms with Crippen LogP contribution in [0.5, 0.6) is 0 Å². The summed E-state index contributed by atoms with van der Waals surface area (Å²) in [6, 6.07) is 5.92. The molecule has 0 aliphatic heterocycles. The Hall–Kier alpha value is -1.62. The number of aromatic nitrogens is 1. The first-order chi connectivity index (χ1) is 9.77. The number of nitrogens with one attached hydrogen (secondary N) is 1. The van der Waals surface area contributed by atoms with Crippen LogP contribution in [-0.2, 0) is 15.8 Å². The van der Waals surface area contributed by atoms with Crippen molar-refractivity contribution < 1.29 is 22.8 Å². The lowest BCUT2D eigenvalue weighted by Crippen LogP contribution is -2.17. The highest BCUT2D eigenvalue weighted by Gasteiger charge is 2.19. The standard InChI is InChI=1S/C12H11IN2O5S/c1-7-4-9(14-20-7)6-21(18,19)15-11-3-2-8(13)5-10(11)12(16)17/h2-5,15H,6H2,1H3,(H,16,17). The average molecular weight is 422 g/mol. The summed E-state index contributed by atoms with van der Waals surface area (Å²) in [6.07, 6.45) is 0. The summed E-state index contributed by atoms with van der Waals surface area (Å²) >= 11 is 1.95. The minimum atomic E-state index is -3.78. The molecule has 1 aromatic carbocycles. The van der Waals surface area contributed by atoms with E-state index >= 15 is 0 Å². The van der Waals surface area contributed by atoms with Gasteiger partial charge in [0.25, 0.3) is 0 Å². The second-order valence-corrected chi connectivity index (χ2v) is 7.25. The molecule has 2 rings (SSSR count). The van der Waals surface area contributed by atoms with Gasteiger partial charge in [-0.1, -0.05) is 5.16 Å². The molecule has 0 radical (unpaired) electrons. The molecule has 21 heavy (non-hydrogen) atoms. The smallest absolute Gasteiger partial charge is 0.337 e. The lowest BCUT2D eigenvalue weighted by molar-refractivity contribution is 0.0698. The van der Waals surface area contributed by atoms with Crippen LogP contribution >= 0.6 is 22.6 Å². The summed E-state index contributed by atoms with van der Waals surface area (Å²) in [7, 11) is -3.78. The van der Waals surface area contributed by atoms with Crippen LogP contribution < -0.4 is 4.72 Å². The van der Waals surface area contributed by atoms with Crippen LogP contribution in [0.3, 0.4) is 0 Å². The highest BCUT2D eigenvalue weighted by atomic mass is 127. The second-order valence-electron chi connectivity index (χ2n) is 4.29. The van der Waals surface area contributed by atoms with Gasteiger partial charge in [0.05, 0.1) is 11.3 Å². The van der Waals surface area contributed by atoms with E-state index in [0.29, 0.717) is 9.33 Å². The second kappa shape index (κ2) is 6.02. The van der Waals surface area contributed by atoms with Crippen molar-refractivity contribution in [1.82, 2.24) is 5.16 Å². The maximum Gasteiger partial charge on any atom is 0.337 e. The molecule has 0 atom stereocenters. The van der Waals surface area contributed by atoms with Crippen molar-refractivity contribution >= 4 is 44.3 Å². The zero-order chi connectivity index (χ0) is 15.6. The zero-order valence-electron chi connectivity index (χ0n) is 10.8. The minimum Gasteiger partial charge on any atom is -0.478 e. The van der Waals surface area contributed by atoms with E-state index in [-0.39, 0.29) is 16.9 Å². The first-order valence-corrected chi connectivity index (χ1v) is 8.45. The van der Waals surface area contributed by atoms with Gasteiger partial charge in [0.2, 0.25) is 10.0 Å². The molecule has 1 heterocycles. The van der Waals surface area contributed by atoms with Crippen molar-refractivity contribution in [3.05, 3.63) is 44.9 Å². The van der Waals surface area contributed by atoms with E-state index in [1.54, 1.807) is 13.0 Å². The largest absolute Gasteiger partial charge is 0.478 e. The molecule has 0 amide bonds. The number of nitrogens with zero attached hydrogens (tertiary/aromatic N) is 1. The van der Waals surface area contributed by atoms with Gasteiger partial charge in [0.15, 0.2) is 0 Å². The molecule has 112 valence electrons. The van der Waals surface area contributed by atoms with E-state index in [2.05, 4.69) is 9.88 Å². The summed E-state index contributed by atoms with van der Waals surface area (Å²) in [5.41, 5.74) is 0.160. The maximum atomic E-state index is 12.1. The van der Waals surface area contributed by atoms with Crippen LogP contribution in [0.1, 0.15) is 21.8 Å². The molecule has 0 bridgehead atoms. The third-order valence-electron chi connectivity index (χ3n) is 2.49. The molecule has 1 aromatic heterocycles. The van der Waals surface area contributed by atoms with Crippen LogP contribution in [0.25, 0.3) is 0 Å². The van der Waals surface area contributed by atoms with Crippen LogP contribution in [0.15, 0.2) is 28.8 Å². The van der Waals surface area contributed by atoms with Gasteiger partial charge in [-0.3, -0.25) is 4.72 Å². The van der Waals surface area contributed by atoms with E-state index in [4.69, 9.17) is 9.63 Å². The molecule has 2 N–H and O–H groups in total. The molecule has 2 aromatic rings. The monoisotopic (exact) mass is 422 g/mol. The molecule has 0 spiro atoms. The number of carboxylic acids is 1. The molecule has 0 aliphatic rings. The summed E-state index contributed by atoms with van der Waals surface area (Å²) in [6.45, 7) is 1.65. The summed E-state index contributed by atoms with van der Waals surface area (Å²) < 4.78 is 31.9. The van der Waals surface area contributed by atoms with Crippen molar-refractivity contribution in [3.63, 3.8) is 0 Å². The van der Waals surface area contributed by atoms with Gasteiger partial charge in [0, 0.05) is 9.64 Å². The van der Waals surface area contributed by atoms with Gasteiger partial charge in [-0.05, 0) is 47.7 Å². The number of carbonyl (C=O) groups is 1. The van der Waals surface area contributed by atoms with Gasteiger partial charge in [-0.15, -0.1) is 0 Å². The Morgan fingerprint density at radius 1 is 1.43 bits per heavy atom. The number of carboxylic acid groups (broad SMARTS) is 1. The van der Waals surface area contributed by atoms with Gasteiger partial charge < -0.3 is 9.63 Å². The predicted octanol–water partition coefficient (Wildman–Crippen LogP) is 2.23. The Morgan fingerprint density at radius 3 is 2.71 bits per heavy atom. The van der Waals surface area contributed by atoms with Gasteiger partial charge in [-0.25, -0.2) is 13.2 Å². The molecule has 0 unspecified atom stereocenters. The number of hydrogen-bond donors (Lipinski definition) is 2. The van der Waals surface area contributed by atoms with E-state index < -0.39 is 21.7 Å². The number of aromatic carboxylic acids is 1. The number of sulfonamides is 1. The Kier molecular flexibility index (Phi) is 4.52. The average Bonchev–Trinajstić information content (AvgIpc) is 2.75. The summed E-state index contributed by atoms with van der Waals surface area (Å²) in [5.74, 6) is -1.10. The van der Waals surface area contributed by atoms with Gasteiger partial charge in [-0.2, -0.15) is 0 Å². The Bertz CT molecular complexity index is 785. The molecule has 0 aliphatic carbocycles. The number of halogens is 1. The third-order valence-corrected chi connectivity index (χ3v) is 4.37. The number of anilines is 1. The fraction of sp³-hybridized carbons (Fsp3) is 0.167. The van der Waals surface area contributed by atoms with Crippen molar-refractivity contribution in [2.24, 2.45) is 0 Å². The molecular weight excluding hydrogens is 411 g/mol. The normalized spacial score (nSPS) is 11.3.